The van der Waals surface area contributed by atoms with Crippen molar-refractivity contribution in [1.29, 1.82) is 0 Å². The van der Waals surface area contributed by atoms with Gasteiger partial charge in [-0.2, -0.15) is 0 Å². The molecule has 2 heterocycles. The molecule has 7 heteroatoms. The van der Waals surface area contributed by atoms with Crippen molar-refractivity contribution < 1.29 is 24.3 Å². The Morgan fingerprint density at radius 2 is 2.29 bits per heavy atom. The van der Waals surface area contributed by atoms with Crippen molar-refractivity contribution in [3.8, 4) is 5.75 Å². The molecule has 21 heavy (non-hydrogen) atoms. The minimum Gasteiger partial charge on any atom is -0.478 e. The van der Waals surface area contributed by atoms with Gasteiger partial charge in [-0.05, 0) is 25.8 Å². The van der Waals surface area contributed by atoms with Crippen molar-refractivity contribution >= 4 is 11.7 Å². The second-order valence-electron chi connectivity index (χ2n) is 5.69. The predicted octanol–water partition coefficient (Wildman–Crippen LogP) is 2.38. The molecule has 1 aromatic carbocycles. The van der Waals surface area contributed by atoms with E-state index in [2.05, 4.69) is 0 Å². The third kappa shape index (κ3) is 2.33. The molecule has 0 radical (unpaired) electrons. The second-order valence-corrected chi connectivity index (χ2v) is 5.69. The van der Waals surface area contributed by atoms with Crippen molar-refractivity contribution in [3.05, 3.63) is 33.9 Å². The number of hydrogen-bond donors (Lipinski definition) is 1. The Balaban J connectivity index is 1.95. The van der Waals surface area contributed by atoms with Crippen LogP contribution in [0.4, 0.5) is 5.69 Å². The first kappa shape index (κ1) is 13.8. The van der Waals surface area contributed by atoms with Crippen molar-refractivity contribution in [3.63, 3.8) is 0 Å². The Bertz CT molecular complexity index is 615. The molecule has 3 rings (SSSR count). The Hall–Kier alpha value is -2.15. The van der Waals surface area contributed by atoms with Crippen LogP contribution in [0.25, 0.3) is 0 Å². The molecule has 0 aliphatic carbocycles. The van der Waals surface area contributed by atoms with E-state index in [0.717, 1.165) is 18.9 Å². The lowest BCUT2D eigenvalue weighted by atomic mass is 9.86. The maximum atomic E-state index is 11.1. The maximum absolute atomic E-state index is 11.1. The molecule has 112 valence electrons. The summed E-state index contributed by atoms with van der Waals surface area (Å²) >= 11 is 0. The molecule has 0 aromatic heterocycles. The zero-order chi connectivity index (χ0) is 15.2. The Morgan fingerprint density at radius 3 is 2.81 bits per heavy atom. The van der Waals surface area contributed by atoms with E-state index in [-0.39, 0.29) is 29.2 Å². The fraction of sp³-hybridized carbons (Fsp3) is 0.500. The normalized spacial score (nSPS) is 30.3. The SMILES string of the molecule is CC1(Oc2cc(C(=O)O)ccc2[N+](=O)[O-])CC2CCC1O2. The van der Waals surface area contributed by atoms with E-state index in [4.69, 9.17) is 14.6 Å². The van der Waals surface area contributed by atoms with E-state index in [1.54, 1.807) is 0 Å². The Labute approximate surface area is 120 Å². The van der Waals surface area contributed by atoms with E-state index >= 15 is 0 Å². The van der Waals surface area contributed by atoms with Gasteiger partial charge in [-0.1, -0.05) is 0 Å². The molecule has 2 aliphatic heterocycles. The number of nitrogens with zero attached hydrogens (tertiary/aromatic N) is 1. The van der Waals surface area contributed by atoms with E-state index in [9.17, 15) is 14.9 Å². The molecule has 0 spiro atoms. The van der Waals surface area contributed by atoms with Gasteiger partial charge in [0.15, 0.2) is 5.75 Å². The van der Waals surface area contributed by atoms with E-state index in [0.29, 0.717) is 6.42 Å². The van der Waals surface area contributed by atoms with Crippen LogP contribution in [-0.2, 0) is 4.74 Å². The number of nitro groups is 1. The quantitative estimate of drug-likeness (QED) is 0.676. The van der Waals surface area contributed by atoms with Gasteiger partial charge in [0.25, 0.3) is 0 Å². The number of rotatable bonds is 4. The molecule has 3 atom stereocenters. The molecule has 3 unspecified atom stereocenters. The third-order valence-electron chi connectivity index (χ3n) is 4.17. The summed E-state index contributed by atoms with van der Waals surface area (Å²) in [5, 5.41) is 20.1. The van der Waals surface area contributed by atoms with E-state index < -0.39 is 16.5 Å². The summed E-state index contributed by atoms with van der Waals surface area (Å²) in [5.74, 6) is -1.16. The number of benzene rings is 1. The maximum Gasteiger partial charge on any atom is 0.335 e. The van der Waals surface area contributed by atoms with Gasteiger partial charge >= 0.3 is 11.7 Å². The molecular formula is C14H15NO6. The van der Waals surface area contributed by atoms with Crippen LogP contribution in [0.3, 0.4) is 0 Å². The topological polar surface area (TPSA) is 98.9 Å². The molecule has 2 saturated heterocycles. The minimum atomic E-state index is -1.15. The fourth-order valence-electron chi connectivity index (χ4n) is 3.13. The third-order valence-corrected chi connectivity index (χ3v) is 4.17. The summed E-state index contributed by atoms with van der Waals surface area (Å²) < 4.78 is 11.6. The van der Waals surface area contributed by atoms with Gasteiger partial charge in [0.05, 0.1) is 22.7 Å². The summed E-state index contributed by atoms with van der Waals surface area (Å²) in [6.07, 6.45) is 2.51. The molecule has 2 fully saturated rings. The zero-order valence-electron chi connectivity index (χ0n) is 11.4. The summed E-state index contributed by atoms with van der Waals surface area (Å²) in [4.78, 5) is 21.5. The van der Waals surface area contributed by atoms with Gasteiger partial charge in [0, 0.05) is 18.6 Å². The number of ether oxygens (including phenoxy) is 2. The van der Waals surface area contributed by atoms with E-state index in [1.165, 1.54) is 12.1 Å². The highest BCUT2D eigenvalue weighted by Crippen LogP contribution is 2.45. The largest absolute Gasteiger partial charge is 0.478 e. The second kappa shape index (κ2) is 4.70. The predicted molar refractivity (Wildman–Crippen MR) is 71.6 cm³/mol. The van der Waals surface area contributed by atoms with Crippen LogP contribution in [0.15, 0.2) is 18.2 Å². The van der Waals surface area contributed by atoms with Crippen LogP contribution < -0.4 is 4.74 Å². The van der Waals surface area contributed by atoms with Gasteiger partial charge in [0.2, 0.25) is 0 Å². The number of nitro benzene ring substituents is 1. The van der Waals surface area contributed by atoms with Crippen LogP contribution in [-0.4, -0.2) is 33.8 Å². The number of carbonyl (C=O) groups is 1. The Kier molecular flexibility index (Phi) is 3.09. The van der Waals surface area contributed by atoms with Gasteiger partial charge < -0.3 is 14.6 Å². The number of hydrogen-bond acceptors (Lipinski definition) is 5. The molecule has 2 aliphatic rings. The van der Waals surface area contributed by atoms with Crippen LogP contribution in [0.1, 0.15) is 36.5 Å². The number of aromatic carboxylic acids is 1. The van der Waals surface area contributed by atoms with Crippen LogP contribution in [0.5, 0.6) is 5.75 Å². The smallest absolute Gasteiger partial charge is 0.335 e. The lowest BCUT2D eigenvalue weighted by Crippen LogP contribution is -2.42. The molecule has 0 amide bonds. The molecular weight excluding hydrogens is 278 g/mol. The average Bonchev–Trinajstić information content (AvgIpc) is 2.97. The molecule has 7 nitrogen and oxygen atoms in total. The van der Waals surface area contributed by atoms with Gasteiger partial charge in [-0.15, -0.1) is 0 Å². The molecule has 1 N–H and O–H groups in total. The monoisotopic (exact) mass is 293 g/mol. The van der Waals surface area contributed by atoms with Gasteiger partial charge in [0.1, 0.15) is 5.60 Å². The lowest BCUT2D eigenvalue weighted by Gasteiger charge is -2.31. The first-order valence-electron chi connectivity index (χ1n) is 6.75. The summed E-state index contributed by atoms with van der Waals surface area (Å²) in [6, 6.07) is 3.57. The highest BCUT2D eigenvalue weighted by atomic mass is 16.6. The highest BCUT2D eigenvalue weighted by molar-refractivity contribution is 5.88. The first-order valence-corrected chi connectivity index (χ1v) is 6.75. The molecule has 0 saturated carbocycles. The van der Waals surface area contributed by atoms with Crippen LogP contribution in [0.2, 0.25) is 0 Å². The van der Waals surface area contributed by atoms with Gasteiger partial charge in [-0.25, -0.2) is 4.79 Å². The molecule has 1 aromatic rings. The van der Waals surface area contributed by atoms with Crippen LogP contribution in [0, 0.1) is 10.1 Å². The number of fused-ring (bicyclic) bond motifs is 2. The highest BCUT2D eigenvalue weighted by Gasteiger charge is 2.52. The van der Waals surface area contributed by atoms with Crippen molar-refractivity contribution in [2.45, 2.75) is 44.0 Å². The first-order chi connectivity index (χ1) is 9.89. The Morgan fingerprint density at radius 1 is 1.52 bits per heavy atom. The van der Waals surface area contributed by atoms with Crippen molar-refractivity contribution in [1.82, 2.24) is 0 Å². The van der Waals surface area contributed by atoms with Crippen molar-refractivity contribution in [2.24, 2.45) is 0 Å². The minimum absolute atomic E-state index is 0.0152. The lowest BCUT2D eigenvalue weighted by molar-refractivity contribution is -0.386. The molecule has 2 bridgehead atoms. The average molecular weight is 293 g/mol. The van der Waals surface area contributed by atoms with E-state index in [1.807, 2.05) is 6.92 Å². The summed E-state index contributed by atoms with van der Waals surface area (Å²) in [6.45, 7) is 1.86. The number of carboxylic acids is 1. The van der Waals surface area contributed by atoms with Crippen molar-refractivity contribution in [2.75, 3.05) is 0 Å². The summed E-state index contributed by atoms with van der Waals surface area (Å²) in [7, 11) is 0. The summed E-state index contributed by atoms with van der Waals surface area (Å²) in [5.41, 5.74) is -0.919. The fourth-order valence-corrected chi connectivity index (χ4v) is 3.13. The van der Waals surface area contributed by atoms with Crippen LogP contribution >= 0.6 is 0 Å². The number of carboxylic acid groups (broad SMARTS) is 1. The standard InChI is InChI=1S/C14H15NO6/c1-14(7-9-3-5-12(14)20-9)21-11-6-8(13(16)17)2-4-10(11)15(18)19/h2,4,6,9,12H,3,5,7H2,1H3,(H,16,17). The van der Waals surface area contributed by atoms with Gasteiger partial charge in [-0.3, -0.25) is 10.1 Å². The zero-order valence-corrected chi connectivity index (χ0v) is 11.4.